The number of nitrogens with zero attached hydrogens (tertiary/aromatic N) is 3. The molecule has 0 atom stereocenters. The van der Waals surface area contributed by atoms with E-state index in [1.165, 1.54) is 16.8 Å². The lowest BCUT2D eigenvalue weighted by molar-refractivity contribution is 0.568. The Bertz CT molecular complexity index is 464. The van der Waals surface area contributed by atoms with Gasteiger partial charge in [0.2, 0.25) is 0 Å². The molecule has 0 amide bonds. The van der Waals surface area contributed by atoms with Gasteiger partial charge in [-0.15, -0.1) is 0 Å². The molecule has 0 N–H and O–H groups in total. The quantitative estimate of drug-likeness (QED) is 0.627. The Hall–Kier alpha value is -1.83. The van der Waals surface area contributed by atoms with E-state index in [9.17, 15) is 9.59 Å². The summed E-state index contributed by atoms with van der Waals surface area (Å²) in [5.41, 5.74) is -0.651. The van der Waals surface area contributed by atoms with Crippen LogP contribution in [0.4, 0.5) is 0 Å². The number of aromatic nitrogens is 2. The number of rotatable bonds is 3. The maximum absolute atomic E-state index is 11.4. The van der Waals surface area contributed by atoms with Gasteiger partial charge < -0.3 is 4.57 Å². The normalized spacial score (nSPS) is 9.71. The molecule has 0 aliphatic rings. The highest BCUT2D eigenvalue weighted by atomic mass is 16.2. The van der Waals surface area contributed by atoms with Crippen LogP contribution in [0.3, 0.4) is 0 Å². The summed E-state index contributed by atoms with van der Waals surface area (Å²) in [5.74, 6) is 0. The molecule has 0 spiro atoms. The van der Waals surface area contributed by atoms with Crippen molar-refractivity contribution in [1.29, 1.82) is 5.26 Å². The molecule has 1 aromatic rings. The van der Waals surface area contributed by atoms with E-state index in [4.69, 9.17) is 5.26 Å². The first-order valence-electron chi connectivity index (χ1n) is 4.30. The fraction of sp³-hybridized carbons (Fsp3) is 0.444. The van der Waals surface area contributed by atoms with Crippen molar-refractivity contribution in [2.45, 2.75) is 19.4 Å². The summed E-state index contributed by atoms with van der Waals surface area (Å²) >= 11 is 0. The maximum atomic E-state index is 11.4. The lowest BCUT2D eigenvalue weighted by atomic mass is 10.3. The molecule has 0 aliphatic carbocycles. The molecule has 74 valence electrons. The SMILES string of the molecule is Cn1ccc(=O)n(CCCC#N)c1=O. The molecule has 1 aromatic heterocycles. The van der Waals surface area contributed by atoms with Crippen molar-refractivity contribution in [2.24, 2.45) is 7.05 Å². The Morgan fingerprint density at radius 2 is 2.21 bits per heavy atom. The predicted molar refractivity (Wildman–Crippen MR) is 50.8 cm³/mol. The molecule has 0 aromatic carbocycles. The third-order valence-electron chi connectivity index (χ3n) is 1.91. The molecule has 5 heteroatoms. The minimum Gasteiger partial charge on any atom is -0.303 e. The fourth-order valence-electron chi connectivity index (χ4n) is 1.14. The molecular weight excluding hydrogens is 182 g/mol. The molecule has 0 radical (unpaired) electrons. The first-order chi connectivity index (χ1) is 6.66. The first kappa shape index (κ1) is 10.3. The van der Waals surface area contributed by atoms with E-state index in [0.717, 1.165) is 4.57 Å². The van der Waals surface area contributed by atoms with Crippen molar-refractivity contribution in [1.82, 2.24) is 9.13 Å². The van der Waals surface area contributed by atoms with Crippen molar-refractivity contribution in [3.05, 3.63) is 33.1 Å². The molecular formula is C9H11N3O2. The second-order valence-electron chi connectivity index (χ2n) is 2.96. The van der Waals surface area contributed by atoms with Crippen LogP contribution in [0.25, 0.3) is 0 Å². The minimum absolute atomic E-state index is 0.305. The van der Waals surface area contributed by atoms with Crippen LogP contribution in [0.1, 0.15) is 12.8 Å². The summed E-state index contributed by atoms with van der Waals surface area (Å²) in [6.07, 6.45) is 2.31. The molecule has 0 bridgehead atoms. The van der Waals surface area contributed by atoms with Gasteiger partial charge in [0.05, 0.1) is 6.07 Å². The summed E-state index contributed by atoms with van der Waals surface area (Å²) in [6, 6.07) is 3.31. The third kappa shape index (κ3) is 2.10. The Kier molecular flexibility index (Phi) is 3.24. The summed E-state index contributed by atoms with van der Waals surface area (Å²) < 4.78 is 2.48. The van der Waals surface area contributed by atoms with Gasteiger partial charge in [-0.25, -0.2) is 4.79 Å². The highest BCUT2D eigenvalue weighted by Crippen LogP contribution is 1.87. The molecule has 0 unspecified atom stereocenters. The van der Waals surface area contributed by atoms with E-state index in [1.807, 2.05) is 6.07 Å². The van der Waals surface area contributed by atoms with Crippen molar-refractivity contribution in [2.75, 3.05) is 0 Å². The van der Waals surface area contributed by atoms with Crippen LogP contribution in [-0.2, 0) is 13.6 Å². The average Bonchev–Trinajstić information content (AvgIpc) is 2.18. The van der Waals surface area contributed by atoms with Crippen molar-refractivity contribution < 1.29 is 0 Å². The highest BCUT2D eigenvalue weighted by Gasteiger charge is 2.01. The van der Waals surface area contributed by atoms with Crippen LogP contribution < -0.4 is 11.2 Å². The Labute approximate surface area is 80.8 Å². The van der Waals surface area contributed by atoms with E-state index in [0.29, 0.717) is 19.4 Å². The predicted octanol–water partition coefficient (Wildman–Crippen LogP) is -0.149. The minimum atomic E-state index is -0.338. The highest BCUT2D eigenvalue weighted by molar-refractivity contribution is 4.85. The van der Waals surface area contributed by atoms with Gasteiger partial charge in [-0.05, 0) is 6.42 Å². The van der Waals surface area contributed by atoms with E-state index >= 15 is 0 Å². The second-order valence-corrected chi connectivity index (χ2v) is 2.96. The van der Waals surface area contributed by atoms with Gasteiger partial charge in [-0.2, -0.15) is 5.26 Å². The Morgan fingerprint density at radius 1 is 1.50 bits per heavy atom. The van der Waals surface area contributed by atoms with Gasteiger partial charge in [0, 0.05) is 32.3 Å². The van der Waals surface area contributed by atoms with Crippen molar-refractivity contribution in [3.8, 4) is 6.07 Å². The number of unbranched alkanes of at least 4 members (excludes halogenated alkanes) is 1. The lowest BCUT2D eigenvalue weighted by Crippen LogP contribution is -2.37. The second kappa shape index (κ2) is 4.42. The largest absolute Gasteiger partial charge is 0.330 e. The summed E-state index contributed by atoms with van der Waals surface area (Å²) in [6.45, 7) is 0.305. The van der Waals surface area contributed by atoms with Gasteiger partial charge in [-0.1, -0.05) is 0 Å². The zero-order valence-corrected chi connectivity index (χ0v) is 7.93. The van der Waals surface area contributed by atoms with E-state index < -0.39 is 0 Å². The first-order valence-corrected chi connectivity index (χ1v) is 4.30. The van der Waals surface area contributed by atoms with E-state index in [1.54, 1.807) is 7.05 Å². The Balaban J connectivity index is 2.97. The van der Waals surface area contributed by atoms with Crippen LogP contribution >= 0.6 is 0 Å². The van der Waals surface area contributed by atoms with Gasteiger partial charge >= 0.3 is 5.69 Å². The molecule has 0 saturated carbocycles. The number of hydrogen-bond donors (Lipinski definition) is 0. The zero-order chi connectivity index (χ0) is 10.6. The van der Waals surface area contributed by atoms with Gasteiger partial charge in [0.15, 0.2) is 0 Å². The molecule has 0 fully saturated rings. The number of aryl methyl sites for hydroxylation is 1. The van der Waals surface area contributed by atoms with Gasteiger partial charge in [-0.3, -0.25) is 9.36 Å². The van der Waals surface area contributed by atoms with Crippen LogP contribution in [0, 0.1) is 11.3 Å². The van der Waals surface area contributed by atoms with Crippen LogP contribution in [-0.4, -0.2) is 9.13 Å². The van der Waals surface area contributed by atoms with Gasteiger partial charge in [0.1, 0.15) is 0 Å². The van der Waals surface area contributed by atoms with Crippen LogP contribution in [0.5, 0.6) is 0 Å². The standard InChI is InChI=1S/C9H11N3O2/c1-11-7-4-8(13)12(9(11)14)6-3-2-5-10/h4,7H,2-3,6H2,1H3. The number of nitriles is 1. The van der Waals surface area contributed by atoms with Crippen molar-refractivity contribution in [3.63, 3.8) is 0 Å². The van der Waals surface area contributed by atoms with Crippen LogP contribution in [0.2, 0.25) is 0 Å². The van der Waals surface area contributed by atoms with Crippen molar-refractivity contribution >= 4 is 0 Å². The summed E-state index contributed by atoms with van der Waals surface area (Å²) in [5, 5.41) is 8.32. The van der Waals surface area contributed by atoms with E-state index in [2.05, 4.69) is 0 Å². The van der Waals surface area contributed by atoms with Gasteiger partial charge in [0.25, 0.3) is 5.56 Å². The molecule has 0 aliphatic heterocycles. The molecule has 14 heavy (non-hydrogen) atoms. The zero-order valence-electron chi connectivity index (χ0n) is 7.93. The topological polar surface area (TPSA) is 67.8 Å². The van der Waals surface area contributed by atoms with Crippen LogP contribution in [0.15, 0.2) is 21.9 Å². The summed E-state index contributed by atoms with van der Waals surface area (Å²) in [4.78, 5) is 22.7. The molecule has 5 nitrogen and oxygen atoms in total. The third-order valence-corrected chi connectivity index (χ3v) is 1.91. The monoisotopic (exact) mass is 193 g/mol. The fourth-order valence-corrected chi connectivity index (χ4v) is 1.14. The molecule has 1 heterocycles. The molecule has 1 rings (SSSR count). The average molecular weight is 193 g/mol. The Morgan fingerprint density at radius 3 is 2.86 bits per heavy atom. The number of hydrogen-bond acceptors (Lipinski definition) is 3. The lowest BCUT2D eigenvalue weighted by Gasteiger charge is -2.04. The summed E-state index contributed by atoms with van der Waals surface area (Å²) in [7, 11) is 1.59. The maximum Gasteiger partial charge on any atom is 0.330 e. The van der Waals surface area contributed by atoms with E-state index in [-0.39, 0.29) is 11.2 Å². The smallest absolute Gasteiger partial charge is 0.303 e. The molecule has 0 saturated heterocycles.